The number of rotatable bonds is 8. The van der Waals surface area contributed by atoms with E-state index in [-0.39, 0.29) is 0 Å². The molecule has 0 aromatic heterocycles. The van der Waals surface area contributed by atoms with Crippen LogP contribution >= 0.6 is 11.6 Å². The van der Waals surface area contributed by atoms with E-state index in [1.807, 2.05) is 19.2 Å². The van der Waals surface area contributed by atoms with Crippen molar-refractivity contribution in [1.29, 1.82) is 0 Å². The topological polar surface area (TPSA) is 15.3 Å². The van der Waals surface area contributed by atoms with E-state index >= 15 is 0 Å². The first-order valence-electron chi connectivity index (χ1n) is 7.88. The van der Waals surface area contributed by atoms with Crippen molar-refractivity contribution in [3.8, 4) is 0 Å². The first-order valence-corrected chi connectivity index (χ1v) is 8.25. The molecule has 0 saturated heterocycles. The zero-order valence-corrected chi connectivity index (χ0v) is 13.5. The van der Waals surface area contributed by atoms with Gasteiger partial charge in [0.25, 0.3) is 0 Å². The van der Waals surface area contributed by atoms with Gasteiger partial charge in [-0.1, -0.05) is 37.1 Å². The smallest absolute Gasteiger partial charge is 0.0406 e. The van der Waals surface area contributed by atoms with Crippen molar-refractivity contribution in [3.05, 3.63) is 34.9 Å². The molecule has 1 atom stereocenters. The minimum Gasteiger partial charge on any atom is -0.313 e. The molecular formula is C17H27ClN2. The summed E-state index contributed by atoms with van der Waals surface area (Å²) >= 11 is 5.96. The van der Waals surface area contributed by atoms with E-state index in [2.05, 4.69) is 29.3 Å². The van der Waals surface area contributed by atoms with Crippen LogP contribution in [0.15, 0.2) is 24.3 Å². The number of hydrogen-bond donors (Lipinski definition) is 1. The van der Waals surface area contributed by atoms with Gasteiger partial charge in [-0.15, -0.1) is 0 Å². The van der Waals surface area contributed by atoms with Crippen molar-refractivity contribution >= 4 is 11.6 Å². The molecule has 0 spiro atoms. The standard InChI is InChI=1S/C17H27ClN2/c1-3-20(13-14-5-4-6-14)12-11-17(19-2)15-7-9-16(18)10-8-15/h7-10,14,17,19H,3-6,11-13H2,1-2H3. The second kappa shape index (κ2) is 8.02. The zero-order chi connectivity index (χ0) is 14.4. The molecule has 0 amide bonds. The lowest BCUT2D eigenvalue weighted by molar-refractivity contribution is 0.178. The predicted molar refractivity (Wildman–Crippen MR) is 87.3 cm³/mol. The average Bonchev–Trinajstić information content (AvgIpc) is 2.42. The number of nitrogens with one attached hydrogen (secondary N) is 1. The summed E-state index contributed by atoms with van der Waals surface area (Å²) in [6.45, 7) is 5.89. The lowest BCUT2D eigenvalue weighted by atomic mass is 9.85. The molecule has 1 fully saturated rings. The molecule has 20 heavy (non-hydrogen) atoms. The van der Waals surface area contributed by atoms with Gasteiger partial charge < -0.3 is 10.2 Å². The van der Waals surface area contributed by atoms with Crippen LogP contribution in [0, 0.1) is 5.92 Å². The maximum Gasteiger partial charge on any atom is 0.0406 e. The van der Waals surface area contributed by atoms with Crippen molar-refractivity contribution < 1.29 is 0 Å². The van der Waals surface area contributed by atoms with Gasteiger partial charge in [-0.25, -0.2) is 0 Å². The van der Waals surface area contributed by atoms with Crippen LogP contribution in [-0.4, -0.2) is 31.6 Å². The average molecular weight is 295 g/mol. The molecule has 3 heteroatoms. The van der Waals surface area contributed by atoms with Crippen molar-refractivity contribution in [1.82, 2.24) is 10.2 Å². The van der Waals surface area contributed by atoms with E-state index < -0.39 is 0 Å². The molecular weight excluding hydrogens is 268 g/mol. The summed E-state index contributed by atoms with van der Waals surface area (Å²) in [6, 6.07) is 8.64. The Morgan fingerprint density at radius 1 is 1.30 bits per heavy atom. The molecule has 0 bridgehead atoms. The van der Waals surface area contributed by atoms with Crippen molar-refractivity contribution in [2.75, 3.05) is 26.7 Å². The Morgan fingerprint density at radius 3 is 2.50 bits per heavy atom. The Morgan fingerprint density at radius 2 is 2.00 bits per heavy atom. The highest BCUT2D eigenvalue weighted by molar-refractivity contribution is 6.30. The molecule has 1 aromatic rings. The van der Waals surface area contributed by atoms with E-state index in [1.54, 1.807) is 0 Å². The van der Waals surface area contributed by atoms with Gasteiger partial charge >= 0.3 is 0 Å². The Labute approximate surface area is 128 Å². The van der Waals surface area contributed by atoms with Crippen molar-refractivity contribution in [2.24, 2.45) is 5.92 Å². The number of benzene rings is 1. The molecule has 0 radical (unpaired) electrons. The van der Waals surface area contributed by atoms with E-state index in [9.17, 15) is 0 Å². The first kappa shape index (κ1) is 15.8. The quantitative estimate of drug-likeness (QED) is 0.776. The van der Waals surface area contributed by atoms with Crippen LogP contribution in [0.1, 0.15) is 44.2 Å². The second-order valence-electron chi connectivity index (χ2n) is 5.87. The third-order valence-corrected chi connectivity index (χ3v) is 4.80. The summed E-state index contributed by atoms with van der Waals surface area (Å²) in [5, 5.41) is 4.24. The normalized spacial score (nSPS) is 17.2. The summed E-state index contributed by atoms with van der Waals surface area (Å²) in [5.41, 5.74) is 1.33. The van der Waals surface area contributed by atoms with Crippen LogP contribution in [-0.2, 0) is 0 Å². The second-order valence-corrected chi connectivity index (χ2v) is 6.31. The summed E-state index contributed by atoms with van der Waals surface area (Å²) in [6.07, 6.45) is 5.46. The predicted octanol–water partition coefficient (Wildman–Crippen LogP) is 4.11. The van der Waals surface area contributed by atoms with Gasteiger partial charge in [0.1, 0.15) is 0 Å². The van der Waals surface area contributed by atoms with Crippen LogP contribution in [0.25, 0.3) is 0 Å². The molecule has 1 aromatic carbocycles. The molecule has 1 unspecified atom stereocenters. The number of nitrogens with zero attached hydrogens (tertiary/aromatic N) is 1. The fourth-order valence-corrected chi connectivity index (χ4v) is 3.03. The highest BCUT2D eigenvalue weighted by atomic mass is 35.5. The lowest BCUT2D eigenvalue weighted by Crippen LogP contribution is -2.34. The largest absolute Gasteiger partial charge is 0.313 e. The van der Waals surface area contributed by atoms with Crippen LogP contribution in [0.2, 0.25) is 5.02 Å². The van der Waals surface area contributed by atoms with Crippen LogP contribution in [0.4, 0.5) is 0 Å². The maximum atomic E-state index is 5.96. The molecule has 0 aliphatic heterocycles. The number of hydrogen-bond acceptors (Lipinski definition) is 2. The van der Waals surface area contributed by atoms with E-state index in [1.165, 1.54) is 37.9 Å². The summed E-state index contributed by atoms with van der Waals surface area (Å²) in [7, 11) is 2.04. The Kier molecular flexibility index (Phi) is 6.34. The fourth-order valence-electron chi connectivity index (χ4n) is 2.90. The highest BCUT2D eigenvalue weighted by Crippen LogP contribution is 2.27. The van der Waals surface area contributed by atoms with Crippen LogP contribution in [0.3, 0.4) is 0 Å². The Balaban J connectivity index is 1.83. The molecule has 1 saturated carbocycles. The Hall–Kier alpha value is -0.570. The fraction of sp³-hybridized carbons (Fsp3) is 0.647. The van der Waals surface area contributed by atoms with E-state index in [4.69, 9.17) is 11.6 Å². The molecule has 1 aliphatic rings. The molecule has 1 N–H and O–H groups in total. The van der Waals surface area contributed by atoms with Gasteiger partial charge in [-0.2, -0.15) is 0 Å². The maximum absolute atomic E-state index is 5.96. The van der Waals surface area contributed by atoms with Gasteiger partial charge in [0, 0.05) is 17.6 Å². The van der Waals surface area contributed by atoms with E-state index in [0.29, 0.717) is 6.04 Å². The molecule has 2 rings (SSSR count). The molecule has 1 aliphatic carbocycles. The van der Waals surface area contributed by atoms with Crippen LogP contribution < -0.4 is 5.32 Å². The van der Waals surface area contributed by atoms with Gasteiger partial charge in [0.2, 0.25) is 0 Å². The third kappa shape index (κ3) is 4.47. The molecule has 2 nitrogen and oxygen atoms in total. The van der Waals surface area contributed by atoms with Crippen molar-refractivity contribution in [2.45, 2.75) is 38.6 Å². The lowest BCUT2D eigenvalue weighted by Gasteiger charge is -2.32. The zero-order valence-electron chi connectivity index (χ0n) is 12.7. The monoisotopic (exact) mass is 294 g/mol. The summed E-state index contributed by atoms with van der Waals surface area (Å²) < 4.78 is 0. The minimum atomic E-state index is 0.419. The van der Waals surface area contributed by atoms with E-state index in [0.717, 1.165) is 23.9 Å². The summed E-state index contributed by atoms with van der Waals surface area (Å²) in [5.74, 6) is 0.957. The summed E-state index contributed by atoms with van der Waals surface area (Å²) in [4.78, 5) is 2.60. The van der Waals surface area contributed by atoms with Gasteiger partial charge in [-0.05, 0) is 63.0 Å². The van der Waals surface area contributed by atoms with Crippen LogP contribution in [0.5, 0.6) is 0 Å². The number of halogens is 1. The first-order chi connectivity index (χ1) is 9.72. The third-order valence-electron chi connectivity index (χ3n) is 4.54. The van der Waals surface area contributed by atoms with Gasteiger partial charge in [0.05, 0.1) is 0 Å². The SMILES string of the molecule is CCN(CCC(NC)c1ccc(Cl)cc1)CC1CCC1. The molecule has 0 heterocycles. The molecule has 112 valence electrons. The Bertz CT molecular complexity index is 386. The van der Waals surface area contributed by atoms with Crippen molar-refractivity contribution in [3.63, 3.8) is 0 Å². The van der Waals surface area contributed by atoms with Gasteiger partial charge in [0.15, 0.2) is 0 Å². The van der Waals surface area contributed by atoms with Gasteiger partial charge in [-0.3, -0.25) is 0 Å². The highest BCUT2D eigenvalue weighted by Gasteiger charge is 2.20. The minimum absolute atomic E-state index is 0.419.